The smallest absolute Gasteiger partial charge is 0.240 e. The number of aromatic nitrogens is 2. The van der Waals surface area contributed by atoms with Crippen LogP contribution in [0.4, 0.5) is 0 Å². The zero-order chi connectivity index (χ0) is 13.0. The highest BCUT2D eigenvalue weighted by Crippen LogP contribution is 2.15. The van der Waals surface area contributed by atoms with Gasteiger partial charge in [-0.1, -0.05) is 6.07 Å². The zero-order valence-corrected chi connectivity index (χ0v) is 10.3. The molecule has 1 aromatic carbocycles. The van der Waals surface area contributed by atoms with E-state index < -0.39 is 10.0 Å². The second-order valence-electron chi connectivity index (χ2n) is 3.72. The third kappa shape index (κ3) is 3.08. The summed E-state index contributed by atoms with van der Waals surface area (Å²) in [4.78, 5) is 6.78. The van der Waals surface area contributed by atoms with Crippen LogP contribution in [-0.2, 0) is 16.4 Å². The first-order chi connectivity index (χ1) is 8.58. The molecular formula is C11H13N3O3S. The van der Waals surface area contributed by atoms with Crippen LogP contribution >= 0.6 is 0 Å². The highest BCUT2D eigenvalue weighted by molar-refractivity contribution is 7.89. The molecule has 0 spiro atoms. The van der Waals surface area contributed by atoms with E-state index in [2.05, 4.69) is 14.7 Å². The second-order valence-corrected chi connectivity index (χ2v) is 5.49. The van der Waals surface area contributed by atoms with Crippen LogP contribution in [0.25, 0.3) is 0 Å². The fraction of sp³-hybridized carbons (Fsp3) is 0.182. The average molecular weight is 267 g/mol. The first-order valence-electron chi connectivity index (χ1n) is 5.34. The molecule has 0 radical (unpaired) electrons. The molecule has 0 unspecified atom stereocenters. The Balaban J connectivity index is 1.99. The van der Waals surface area contributed by atoms with Gasteiger partial charge in [-0.2, -0.15) is 0 Å². The Morgan fingerprint density at radius 3 is 2.89 bits per heavy atom. The molecule has 6 nitrogen and oxygen atoms in total. The number of H-pyrrole nitrogens is 1. The monoisotopic (exact) mass is 267 g/mol. The number of hydrogen-bond acceptors (Lipinski definition) is 4. The maximum absolute atomic E-state index is 11.9. The SMILES string of the molecule is O=S(=O)(NCCc1cnc[nH]1)c1cccc(O)c1. The van der Waals surface area contributed by atoms with Crippen LogP contribution in [0.1, 0.15) is 5.69 Å². The summed E-state index contributed by atoms with van der Waals surface area (Å²) in [7, 11) is -3.58. The summed E-state index contributed by atoms with van der Waals surface area (Å²) in [6.07, 6.45) is 3.71. The van der Waals surface area contributed by atoms with Crippen molar-refractivity contribution in [2.24, 2.45) is 0 Å². The molecule has 0 saturated carbocycles. The molecule has 0 saturated heterocycles. The molecule has 0 amide bonds. The number of sulfonamides is 1. The summed E-state index contributed by atoms with van der Waals surface area (Å²) < 4.78 is 26.2. The molecule has 2 aromatic rings. The number of nitrogens with zero attached hydrogens (tertiary/aromatic N) is 1. The highest BCUT2D eigenvalue weighted by atomic mass is 32.2. The lowest BCUT2D eigenvalue weighted by Gasteiger charge is -2.06. The van der Waals surface area contributed by atoms with Gasteiger partial charge in [0.25, 0.3) is 0 Å². The lowest BCUT2D eigenvalue weighted by molar-refractivity contribution is 0.473. The van der Waals surface area contributed by atoms with Crippen molar-refractivity contribution in [2.45, 2.75) is 11.3 Å². The minimum absolute atomic E-state index is 0.0483. The number of phenolic OH excluding ortho intramolecular Hbond substituents is 1. The standard InChI is InChI=1S/C11H13N3O3S/c15-10-2-1-3-11(6-10)18(16,17)14-5-4-9-7-12-8-13-9/h1-3,6-8,14-15H,4-5H2,(H,12,13). The van der Waals surface area contributed by atoms with Gasteiger partial charge in [-0.15, -0.1) is 0 Å². The van der Waals surface area contributed by atoms with Crippen LogP contribution < -0.4 is 4.72 Å². The average Bonchev–Trinajstić information content (AvgIpc) is 2.82. The van der Waals surface area contributed by atoms with E-state index >= 15 is 0 Å². The lowest BCUT2D eigenvalue weighted by Crippen LogP contribution is -2.26. The number of rotatable bonds is 5. The van der Waals surface area contributed by atoms with Crippen LogP contribution in [0.2, 0.25) is 0 Å². The number of aromatic hydroxyl groups is 1. The molecule has 18 heavy (non-hydrogen) atoms. The summed E-state index contributed by atoms with van der Waals surface area (Å²) in [6.45, 7) is 0.264. The van der Waals surface area contributed by atoms with E-state index in [4.69, 9.17) is 0 Å². The largest absolute Gasteiger partial charge is 0.508 e. The van der Waals surface area contributed by atoms with E-state index in [1.807, 2.05) is 0 Å². The lowest BCUT2D eigenvalue weighted by atomic mass is 10.3. The molecule has 96 valence electrons. The van der Waals surface area contributed by atoms with Crippen molar-refractivity contribution < 1.29 is 13.5 Å². The predicted molar refractivity (Wildman–Crippen MR) is 65.6 cm³/mol. The van der Waals surface area contributed by atoms with Crippen LogP contribution in [-0.4, -0.2) is 30.0 Å². The molecule has 1 heterocycles. The number of hydrogen-bond donors (Lipinski definition) is 3. The fourth-order valence-electron chi connectivity index (χ4n) is 1.48. The van der Waals surface area contributed by atoms with E-state index in [9.17, 15) is 13.5 Å². The van der Waals surface area contributed by atoms with Gasteiger partial charge < -0.3 is 10.1 Å². The van der Waals surface area contributed by atoms with Crippen LogP contribution in [0.15, 0.2) is 41.7 Å². The Bertz CT molecular complexity index is 608. The van der Waals surface area contributed by atoms with Gasteiger partial charge in [0.05, 0.1) is 11.2 Å². The molecule has 0 aliphatic heterocycles. The molecule has 0 aliphatic rings. The number of phenols is 1. The van der Waals surface area contributed by atoms with Gasteiger partial charge in [-0.25, -0.2) is 18.1 Å². The summed E-state index contributed by atoms with van der Waals surface area (Å²) in [6, 6.07) is 5.54. The third-order valence-electron chi connectivity index (χ3n) is 2.37. The van der Waals surface area contributed by atoms with Gasteiger partial charge in [-0.05, 0) is 18.2 Å². The molecule has 2 rings (SSSR count). The van der Waals surface area contributed by atoms with Crippen LogP contribution in [0, 0.1) is 0 Å². The maximum atomic E-state index is 11.9. The molecule has 0 fully saturated rings. The van der Waals surface area contributed by atoms with Gasteiger partial charge in [0.15, 0.2) is 0 Å². The van der Waals surface area contributed by atoms with Crippen molar-refractivity contribution in [3.05, 3.63) is 42.5 Å². The molecule has 0 bridgehead atoms. The Kier molecular flexibility index (Phi) is 3.63. The minimum Gasteiger partial charge on any atom is -0.508 e. The highest BCUT2D eigenvalue weighted by Gasteiger charge is 2.13. The third-order valence-corrected chi connectivity index (χ3v) is 3.83. The van der Waals surface area contributed by atoms with Crippen LogP contribution in [0.3, 0.4) is 0 Å². The van der Waals surface area contributed by atoms with Crippen molar-refractivity contribution in [1.82, 2.24) is 14.7 Å². The molecule has 0 atom stereocenters. The van der Waals surface area contributed by atoms with Crippen LogP contribution in [0.5, 0.6) is 5.75 Å². The summed E-state index contributed by atoms with van der Waals surface area (Å²) in [5, 5.41) is 9.25. The van der Waals surface area contributed by atoms with E-state index in [0.29, 0.717) is 6.42 Å². The molecule has 1 aromatic heterocycles. The first kappa shape index (κ1) is 12.6. The first-order valence-corrected chi connectivity index (χ1v) is 6.82. The zero-order valence-electron chi connectivity index (χ0n) is 9.50. The van der Waals surface area contributed by atoms with Crippen molar-refractivity contribution in [3.8, 4) is 5.75 Å². The Labute approximate surface area is 105 Å². The van der Waals surface area contributed by atoms with Crippen molar-refractivity contribution in [2.75, 3.05) is 6.54 Å². The quantitative estimate of drug-likeness (QED) is 0.740. The normalized spacial score (nSPS) is 11.6. The Morgan fingerprint density at radius 2 is 2.22 bits per heavy atom. The van der Waals surface area contributed by atoms with Crippen molar-refractivity contribution >= 4 is 10.0 Å². The van der Waals surface area contributed by atoms with E-state index in [1.54, 1.807) is 12.5 Å². The van der Waals surface area contributed by atoms with E-state index in [0.717, 1.165) is 5.69 Å². The molecular weight excluding hydrogens is 254 g/mol. The van der Waals surface area contributed by atoms with Gasteiger partial charge in [0.2, 0.25) is 10.0 Å². The number of benzene rings is 1. The van der Waals surface area contributed by atoms with Gasteiger partial charge in [-0.3, -0.25) is 0 Å². The van der Waals surface area contributed by atoms with Gasteiger partial charge in [0.1, 0.15) is 5.75 Å². The fourth-order valence-corrected chi connectivity index (χ4v) is 2.55. The summed E-state index contributed by atoms with van der Waals surface area (Å²) in [5.74, 6) is -0.0774. The van der Waals surface area contributed by atoms with Gasteiger partial charge in [0, 0.05) is 24.9 Å². The number of aromatic amines is 1. The van der Waals surface area contributed by atoms with E-state index in [-0.39, 0.29) is 17.2 Å². The maximum Gasteiger partial charge on any atom is 0.240 e. The Morgan fingerprint density at radius 1 is 1.39 bits per heavy atom. The predicted octanol–water partition coefficient (Wildman–Crippen LogP) is 0.636. The molecule has 0 aliphatic carbocycles. The topological polar surface area (TPSA) is 95.1 Å². The van der Waals surface area contributed by atoms with E-state index in [1.165, 1.54) is 24.3 Å². The van der Waals surface area contributed by atoms with Gasteiger partial charge >= 0.3 is 0 Å². The van der Waals surface area contributed by atoms with Crippen molar-refractivity contribution in [1.29, 1.82) is 0 Å². The molecule has 3 N–H and O–H groups in total. The molecule has 7 heteroatoms. The number of nitrogens with one attached hydrogen (secondary N) is 2. The number of imidazole rings is 1. The summed E-state index contributed by atoms with van der Waals surface area (Å²) in [5.41, 5.74) is 0.855. The minimum atomic E-state index is -3.58. The Hall–Kier alpha value is -1.86. The summed E-state index contributed by atoms with van der Waals surface area (Å²) >= 11 is 0. The van der Waals surface area contributed by atoms with Crippen molar-refractivity contribution in [3.63, 3.8) is 0 Å². The second kappa shape index (κ2) is 5.19.